The van der Waals surface area contributed by atoms with Crippen molar-refractivity contribution in [1.29, 1.82) is 0 Å². The van der Waals surface area contributed by atoms with Crippen molar-refractivity contribution in [2.45, 2.75) is 162 Å². The number of aliphatic carboxylic acids is 1. The number of hydrogen-bond donors (Lipinski definition) is 2. The Bertz CT molecular complexity index is 5860. The van der Waals surface area contributed by atoms with Gasteiger partial charge in [-0.25, -0.2) is 9.59 Å². The maximum Gasteiger partial charge on any atom is 0.344 e. The first-order valence-corrected chi connectivity index (χ1v) is 49.6. The fourth-order valence-corrected chi connectivity index (χ4v) is 28.0. The average Bonchev–Trinajstić information content (AvgIpc) is 1.65. The molecule has 14 aromatic carbocycles. The molecule has 0 amide bonds. The van der Waals surface area contributed by atoms with E-state index in [1.807, 2.05) is 114 Å². The van der Waals surface area contributed by atoms with E-state index in [2.05, 4.69) is 318 Å². The van der Waals surface area contributed by atoms with E-state index in [9.17, 15) is 19.5 Å². The second-order valence-electron chi connectivity index (χ2n) is 32.0. The normalized spacial score (nSPS) is 15.4. The van der Waals surface area contributed by atoms with Gasteiger partial charge in [-0.1, -0.05) is 183 Å². The van der Waals surface area contributed by atoms with E-state index in [0.717, 1.165) is 86.6 Å². The highest BCUT2D eigenvalue weighted by Crippen LogP contribution is 2.49. The van der Waals surface area contributed by atoms with Crippen molar-refractivity contribution < 1.29 is 53.0 Å². The van der Waals surface area contributed by atoms with Crippen LogP contribution in [0.4, 0.5) is 0 Å². The number of rotatable bonds is 26. The Balaban J connectivity index is 0.000000141. The number of aryl methyl sites for hydroxylation is 8. The number of carbonyl (C=O) groups excluding carboxylic acids is 2. The van der Waals surface area contributed by atoms with Gasteiger partial charge in [-0.3, -0.25) is 4.79 Å². The smallest absolute Gasteiger partial charge is 0.344 e. The van der Waals surface area contributed by atoms with E-state index in [0.29, 0.717) is 23.2 Å². The summed E-state index contributed by atoms with van der Waals surface area (Å²) in [6, 6.07) is 120. The summed E-state index contributed by atoms with van der Waals surface area (Å²) < 4.78 is 33.9. The van der Waals surface area contributed by atoms with Crippen molar-refractivity contribution in [3.05, 3.63) is 427 Å². The molecule has 2 saturated heterocycles. The van der Waals surface area contributed by atoms with Crippen molar-refractivity contribution in [2.24, 2.45) is 17.8 Å². The lowest BCUT2D eigenvalue weighted by atomic mass is 9.67. The molecular weight excluding hydrogens is 1710 g/mol. The van der Waals surface area contributed by atoms with Gasteiger partial charge in [-0.2, -0.15) is 0 Å². The molecule has 2 N–H and O–H groups in total. The van der Waals surface area contributed by atoms with Crippen molar-refractivity contribution >= 4 is 72.4 Å². The standard InChI is InChI=1S/C32H33O5S.C22H20O3S.C21H23OS.C20H18OS.C19H17OS/c1-20-13-27(38(25-9-5-3-6-10-25)26-11-7-4-8-12-26)14-21(2)30(20)35-19-29(33)37-31-23-15-22-16-24(18-23)32(34)36-28(31)17-22;1-16-13-20(14-17(2)22(16)25-15-21(23)24)26(18-9-5-3-6-10-18)19-11-7-4-8-12-19;1-6-11-18(7-2)23(19-12-9-8-10-13-19)20-14-16(3)21(22-5)17(4)15-20;1-15-13-19(14-16(2)20(15)21)22(17-9-5-3-6-10-17)18-11-7-4-8-12-18;1-20-16-12-14-19(15-13-16)21(17-8-4-2-5-9-17)18-10-6-3-7-11-18/h3-14,22-24,28,31H,15-19H2,1-2H3;3-14H,15H2,1-2H3;6-15H,1-2H2,3-5H3;3-14H,1-2H3;2-15H,1H3/q+1;;+1;;+1/p+2/b;;18-11+;;. The van der Waals surface area contributed by atoms with E-state index in [4.69, 9.17) is 33.5 Å². The number of phenols is 1. The third-order valence-corrected chi connectivity index (χ3v) is 33.6. The third-order valence-electron chi connectivity index (χ3n) is 22.5. The number of carbonyl (C=O) groups is 3. The van der Waals surface area contributed by atoms with Crippen LogP contribution >= 0.6 is 0 Å². The van der Waals surface area contributed by atoms with E-state index in [1.165, 1.54) is 68.5 Å². The minimum absolute atomic E-state index is 0.0381. The number of ether oxygens (including phenoxy) is 6. The summed E-state index contributed by atoms with van der Waals surface area (Å²) in [4.78, 5) is 54.9. The molecule has 11 nitrogen and oxygen atoms in total. The van der Waals surface area contributed by atoms with Gasteiger partial charge in [-0.15, -0.1) is 0 Å². The Morgan fingerprint density at radius 2 is 0.692 bits per heavy atom. The highest BCUT2D eigenvalue weighted by Gasteiger charge is 2.52. The van der Waals surface area contributed by atoms with Gasteiger partial charge in [0, 0.05) is 54.4 Å². The highest BCUT2D eigenvalue weighted by atomic mass is 32.2. The number of phenolic OH excluding ortho intramolecular Hbond substituents is 1. The van der Waals surface area contributed by atoms with Gasteiger partial charge in [-0.05, 0) is 277 Å². The maximum atomic E-state index is 12.9. The van der Waals surface area contributed by atoms with Gasteiger partial charge < -0.3 is 38.6 Å². The van der Waals surface area contributed by atoms with Crippen LogP contribution in [0.2, 0.25) is 0 Å². The largest absolute Gasteiger partial charge is 0.507 e. The van der Waals surface area contributed by atoms with Crippen molar-refractivity contribution in [3.8, 4) is 28.7 Å². The van der Waals surface area contributed by atoms with E-state index >= 15 is 0 Å². The molecule has 14 aromatic rings. The molecule has 18 rings (SSSR count). The second kappa shape index (κ2) is 46.6. The number of benzene rings is 14. The molecule has 4 bridgehead atoms. The van der Waals surface area contributed by atoms with Gasteiger partial charge in [0.25, 0.3) is 0 Å². The molecule has 4 fully saturated rings. The molecule has 4 aliphatic rings. The molecule has 16 heteroatoms. The summed E-state index contributed by atoms with van der Waals surface area (Å²) in [5.41, 5.74) is 8.03. The van der Waals surface area contributed by atoms with Crippen molar-refractivity contribution in [1.82, 2.24) is 0 Å². The van der Waals surface area contributed by atoms with Crippen LogP contribution in [-0.4, -0.2) is 67.8 Å². The van der Waals surface area contributed by atoms with Crippen LogP contribution in [-0.2, 0) is 78.3 Å². The molecule has 2 aliphatic carbocycles. The predicted molar refractivity (Wildman–Crippen MR) is 531 cm³/mol. The summed E-state index contributed by atoms with van der Waals surface area (Å²) >= 11 is 0. The van der Waals surface area contributed by atoms with Gasteiger partial charge in [0.1, 0.15) is 41.0 Å². The van der Waals surface area contributed by atoms with Crippen LogP contribution < -0.4 is 18.9 Å². The van der Waals surface area contributed by atoms with Crippen LogP contribution in [0.1, 0.15) is 70.2 Å². The summed E-state index contributed by atoms with van der Waals surface area (Å²) in [5, 5.41) is 18.9. The molecule has 0 aromatic heterocycles. The van der Waals surface area contributed by atoms with Crippen LogP contribution in [0.3, 0.4) is 0 Å². The first-order chi connectivity index (χ1) is 63.2. The van der Waals surface area contributed by atoms with E-state index in [1.54, 1.807) is 14.2 Å². The predicted octanol–water partition coefficient (Wildman–Crippen LogP) is 26.4. The lowest BCUT2D eigenvalue weighted by Gasteiger charge is -2.41. The first kappa shape index (κ1) is 95.1. The average molecular weight is 1820 g/mol. The molecule has 2 saturated carbocycles. The number of aromatic hydroxyl groups is 1. The Kier molecular flexibility index (Phi) is 34.1. The molecular formula is C114H113O11S5+5. The monoisotopic (exact) mass is 1820 g/mol. The number of methoxy groups -OCH3 is 2. The molecule has 2 heterocycles. The Morgan fingerprint density at radius 1 is 0.377 bits per heavy atom. The van der Waals surface area contributed by atoms with Crippen LogP contribution in [0.15, 0.2) is 451 Å². The lowest BCUT2D eigenvalue weighted by Crippen LogP contribution is -2.45. The zero-order chi connectivity index (χ0) is 91.6. The van der Waals surface area contributed by atoms with Crippen molar-refractivity contribution in [3.63, 3.8) is 0 Å². The fraction of sp³-hybridized carbons (Fsp3) is 0.184. The summed E-state index contributed by atoms with van der Waals surface area (Å²) in [5.74, 6) is 2.78. The van der Waals surface area contributed by atoms with Crippen LogP contribution in [0.5, 0.6) is 28.7 Å². The van der Waals surface area contributed by atoms with Gasteiger partial charge in [0.15, 0.2) is 86.7 Å². The second-order valence-corrected chi connectivity index (χ2v) is 42.1. The zero-order valence-electron chi connectivity index (χ0n) is 75.3. The number of carboxylic acid groups (broad SMARTS) is 1. The molecule has 0 spiro atoms. The number of fused-ring (bicyclic) bond motifs is 1. The Morgan fingerprint density at radius 3 is 1.02 bits per heavy atom. The molecule has 6 atom stereocenters. The topological polar surface area (TPSA) is 147 Å². The van der Waals surface area contributed by atoms with Gasteiger partial charge >= 0.3 is 17.9 Å². The van der Waals surface area contributed by atoms with E-state index < -0.39 is 11.9 Å². The summed E-state index contributed by atoms with van der Waals surface area (Å²) in [7, 11) is 2.50. The zero-order valence-corrected chi connectivity index (χ0v) is 79.4. The lowest BCUT2D eigenvalue weighted by molar-refractivity contribution is -0.174. The summed E-state index contributed by atoms with van der Waals surface area (Å²) in [6.45, 7) is 23.4. The molecule has 660 valence electrons. The van der Waals surface area contributed by atoms with E-state index in [-0.39, 0.29) is 97.7 Å². The molecule has 2 aliphatic heterocycles. The third kappa shape index (κ3) is 24.5. The number of esters is 2. The van der Waals surface area contributed by atoms with Gasteiger partial charge in [0.2, 0.25) is 0 Å². The number of hydrogen-bond acceptors (Lipinski definition) is 10. The Hall–Kier alpha value is -12.5. The minimum Gasteiger partial charge on any atom is -0.507 e. The highest BCUT2D eigenvalue weighted by molar-refractivity contribution is 8.01. The Labute approximate surface area is 781 Å². The molecule has 130 heavy (non-hydrogen) atoms. The SMILES string of the molecule is C=C/C=C(\C=C)[S+](c1ccccc1)c1cc(C)c(OC)c(C)c1.COc1ccc([S+](c2ccccc2)c2ccccc2)cc1.Cc1cc([S+](c2ccccc2)c2ccccc2)cc(C)c1O.Cc1cc([S+](c2ccccc2)c2ccccc2)cc(C)c1OCC(=O)O.Cc1cc([S+](c2ccccc2)c2ccccc2)cc(C)c1OCC(=O)OC1C2CC3CC(C2)C(=O)OC1C3. The summed E-state index contributed by atoms with van der Waals surface area (Å²) in [6.07, 6.45) is 8.58. The van der Waals surface area contributed by atoms with Gasteiger partial charge in [0.05, 0.1) is 74.6 Å². The molecule has 0 radical (unpaired) electrons. The minimum atomic E-state index is -0.971. The van der Waals surface area contributed by atoms with Crippen molar-refractivity contribution in [2.75, 3.05) is 27.4 Å². The maximum absolute atomic E-state index is 12.9. The fourth-order valence-electron chi connectivity index (χ4n) is 16.9. The van der Waals surface area contributed by atoms with Crippen LogP contribution in [0, 0.1) is 73.1 Å². The van der Waals surface area contributed by atoms with Crippen LogP contribution in [0.25, 0.3) is 0 Å². The quantitative estimate of drug-likeness (QED) is 0.0303. The number of carboxylic acids is 1. The number of allylic oxidation sites excluding steroid dienone is 3. The molecule has 6 unspecified atom stereocenters. The first-order valence-electron chi connectivity index (χ1n) is 43.5.